The summed E-state index contributed by atoms with van der Waals surface area (Å²) in [5.41, 5.74) is 3.62. The second kappa shape index (κ2) is 12.4. The van der Waals surface area contributed by atoms with Gasteiger partial charge in [-0.15, -0.1) is 0 Å². The van der Waals surface area contributed by atoms with Crippen molar-refractivity contribution in [3.8, 4) is 0 Å². The van der Waals surface area contributed by atoms with Gasteiger partial charge in [0.25, 0.3) is 0 Å². The molecule has 0 atom stereocenters. The number of hydrogen-bond donors (Lipinski definition) is 1. The molecule has 0 saturated carbocycles. The molecule has 4 nitrogen and oxygen atoms in total. The molecule has 1 aromatic carbocycles. The molecule has 2 rings (SSSR count). The van der Waals surface area contributed by atoms with Crippen LogP contribution in [-0.2, 0) is 18.3 Å². The molecule has 0 spiro atoms. The molecule has 1 N–H and O–H groups in total. The topological polar surface area (TPSA) is 59.3 Å². The van der Waals surface area contributed by atoms with Crippen LogP contribution in [0.5, 0.6) is 0 Å². The van der Waals surface area contributed by atoms with Crippen LogP contribution in [0.1, 0.15) is 79.7 Å². The van der Waals surface area contributed by atoms with Gasteiger partial charge in [0.1, 0.15) is 0 Å². The lowest BCUT2D eigenvalue weighted by atomic mass is 10.1. The van der Waals surface area contributed by atoms with Gasteiger partial charge >= 0.3 is 5.97 Å². The highest BCUT2D eigenvalue weighted by atomic mass is 35.5. The summed E-state index contributed by atoms with van der Waals surface area (Å²) in [6, 6.07) is 9.09. The van der Waals surface area contributed by atoms with E-state index in [4.69, 9.17) is 16.7 Å². The van der Waals surface area contributed by atoms with Crippen LogP contribution in [0.2, 0.25) is 5.02 Å². The van der Waals surface area contributed by atoms with Crippen LogP contribution in [0.4, 0.5) is 0 Å². The lowest BCUT2D eigenvalue weighted by Gasteiger charge is -2.07. The molecule has 1 heterocycles. The second-order valence-electron chi connectivity index (χ2n) is 6.97. The maximum atomic E-state index is 12.5. The van der Waals surface area contributed by atoms with Crippen LogP contribution >= 0.6 is 11.6 Å². The molecule has 2 aromatic rings. The fraction of sp³-hybridized carbons (Fsp3) is 0.478. The first-order valence-corrected chi connectivity index (χ1v) is 10.4. The second-order valence-corrected chi connectivity index (χ2v) is 7.41. The number of aromatic nitrogens is 1. The van der Waals surface area contributed by atoms with Gasteiger partial charge in [0, 0.05) is 29.7 Å². The van der Waals surface area contributed by atoms with Gasteiger partial charge in [-0.25, -0.2) is 0 Å². The fourth-order valence-corrected chi connectivity index (χ4v) is 3.24. The van der Waals surface area contributed by atoms with Crippen LogP contribution < -0.4 is 0 Å². The Morgan fingerprint density at radius 3 is 2.14 bits per heavy atom. The number of carboxylic acid groups (broad SMARTS) is 1. The minimum absolute atomic E-state index is 0.0476. The average molecular weight is 406 g/mol. The predicted octanol–water partition coefficient (Wildman–Crippen LogP) is 6.21. The van der Waals surface area contributed by atoms with Crippen LogP contribution in [0.25, 0.3) is 0 Å². The van der Waals surface area contributed by atoms with Gasteiger partial charge in [-0.05, 0) is 55.7 Å². The Bertz CT molecular complexity index is 763. The Morgan fingerprint density at radius 1 is 1.04 bits per heavy atom. The van der Waals surface area contributed by atoms with Crippen LogP contribution in [0.15, 0.2) is 30.3 Å². The molecule has 0 aliphatic carbocycles. The largest absolute Gasteiger partial charge is 0.481 e. The van der Waals surface area contributed by atoms with E-state index in [0.29, 0.717) is 17.0 Å². The molecule has 0 bridgehead atoms. The van der Waals surface area contributed by atoms with E-state index >= 15 is 0 Å². The number of carbonyl (C=O) groups is 2. The van der Waals surface area contributed by atoms with Crippen molar-refractivity contribution >= 4 is 23.4 Å². The highest BCUT2D eigenvalue weighted by Gasteiger charge is 2.17. The molecule has 0 radical (unpaired) electrons. The van der Waals surface area contributed by atoms with E-state index in [2.05, 4.69) is 19.9 Å². The number of aryl methyl sites for hydroxylation is 2. The molecule has 154 valence electrons. The third-order valence-electron chi connectivity index (χ3n) is 4.70. The minimum Gasteiger partial charge on any atom is -0.481 e. The van der Waals surface area contributed by atoms with Gasteiger partial charge < -0.3 is 9.67 Å². The highest BCUT2D eigenvalue weighted by Crippen LogP contribution is 2.19. The number of hydrogen-bond acceptors (Lipinski definition) is 2. The smallest absolute Gasteiger partial charge is 0.303 e. The maximum absolute atomic E-state index is 12.5. The number of carbonyl (C=O) groups excluding carboxylic acids is 1. The van der Waals surface area contributed by atoms with Crippen LogP contribution in [-0.4, -0.2) is 21.4 Å². The number of benzene rings is 1. The van der Waals surface area contributed by atoms with Crippen molar-refractivity contribution in [1.29, 1.82) is 0 Å². The predicted molar refractivity (Wildman–Crippen MR) is 115 cm³/mol. The van der Waals surface area contributed by atoms with Crippen molar-refractivity contribution in [2.45, 2.75) is 65.7 Å². The van der Waals surface area contributed by atoms with Gasteiger partial charge in [-0.1, -0.05) is 51.1 Å². The quantitative estimate of drug-likeness (QED) is 0.398. The van der Waals surface area contributed by atoms with Crippen molar-refractivity contribution in [2.75, 3.05) is 0 Å². The third-order valence-corrected chi connectivity index (χ3v) is 4.95. The molecule has 0 aliphatic rings. The highest BCUT2D eigenvalue weighted by molar-refractivity contribution is 6.30. The van der Waals surface area contributed by atoms with Gasteiger partial charge in [-0.2, -0.15) is 0 Å². The molecular formula is C23H32ClNO3. The molecular weight excluding hydrogens is 374 g/mol. The molecule has 28 heavy (non-hydrogen) atoms. The van der Waals surface area contributed by atoms with E-state index in [1.807, 2.05) is 18.5 Å². The summed E-state index contributed by atoms with van der Waals surface area (Å²) in [5.74, 6) is -0.622. The van der Waals surface area contributed by atoms with Crippen LogP contribution in [0.3, 0.4) is 0 Å². The number of aliphatic carboxylic acids is 1. The molecule has 5 heteroatoms. The van der Waals surface area contributed by atoms with Crippen LogP contribution in [0, 0.1) is 6.92 Å². The summed E-state index contributed by atoms with van der Waals surface area (Å²) < 4.78 is 1.98. The zero-order valence-electron chi connectivity index (χ0n) is 17.4. The standard InChI is InChI=1S/C15H16ClNO.C8H16O2/c1-4-13-9-10(2)14(17(13)3)15(18)11-5-7-12(16)8-6-11;1-2-3-4-5-6-7-8(9)10/h5-9H,4H2,1-3H3;2-7H2,1H3,(H,9,10). The van der Waals surface area contributed by atoms with Gasteiger partial charge in [0.2, 0.25) is 5.78 Å². The summed E-state index contributed by atoms with van der Waals surface area (Å²) in [6.45, 7) is 6.21. The first kappa shape index (κ1) is 24.0. The lowest BCUT2D eigenvalue weighted by molar-refractivity contribution is -0.137. The average Bonchev–Trinajstić information content (AvgIpc) is 2.95. The summed E-state index contributed by atoms with van der Waals surface area (Å²) in [6.07, 6.45) is 6.81. The first-order chi connectivity index (χ1) is 13.3. The summed E-state index contributed by atoms with van der Waals surface area (Å²) >= 11 is 5.83. The van der Waals surface area contributed by atoms with Gasteiger partial charge in [-0.3, -0.25) is 9.59 Å². The fourth-order valence-electron chi connectivity index (χ4n) is 3.11. The Labute approximate surface area is 173 Å². The van der Waals surface area contributed by atoms with E-state index in [0.717, 1.165) is 30.5 Å². The van der Waals surface area contributed by atoms with E-state index in [1.165, 1.54) is 25.0 Å². The molecule has 0 saturated heterocycles. The Kier molecular flexibility index (Phi) is 10.6. The van der Waals surface area contributed by atoms with Gasteiger partial charge in [0.15, 0.2) is 0 Å². The number of ketones is 1. The Hall–Kier alpha value is -2.07. The molecule has 0 fully saturated rings. The minimum atomic E-state index is -0.670. The number of rotatable bonds is 9. The van der Waals surface area contributed by atoms with Gasteiger partial charge in [0.05, 0.1) is 5.69 Å². The molecule has 0 unspecified atom stereocenters. The third kappa shape index (κ3) is 7.51. The Morgan fingerprint density at radius 2 is 1.64 bits per heavy atom. The zero-order valence-corrected chi connectivity index (χ0v) is 18.2. The number of nitrogens with zero attached hydrogens (tertiary/aromatic N) is 1. The SMILES string of the molecule is CCCCCCCC(=O)O.CCc1cc(C)c(C(=O)c2ccc(Cl)cc2)n1C. The molecule has 1 aromatic heterocycles. The number of unbranched alkanes of at least 4 members (excludes halogenated alkanes) is 4. The van der Waals surface area contributed by atoms with Crippen molar-refractivity contribution in [2.24, 2.45) is 7.05 Å². The molecule has 0 aliphatic heterocycles. The lowest BCUT2D eigenvalue weighted by Crippen LogP contribution is -2.10. The summed E-state index contributed by atoms with van der Waals surface area (Å²) in [5, 5.41) is 8.91. The normalized spacial score (nSPS) is 10.3. The summed E-state index contributed by atoms with van der Waals surface area (Å²) in [7, 11) is 1.94. The summed E-state index contributed by atoms with van der Waals surface area (Å²) in [4.78, 5) is 22.5. The van der Waals surface area contributed by atoms with E-state index in [1.54, 1.807) is 24.3 Å². The maximum Gasteiger partial charge on any atom is 0.303 e. The van der Waals surface area contributed by atoms with Crippen molar-refractivity contribution in [3.05, 3.63) is 57.9 Å². The number of halogens is 1. The van der Waals surface area contributed by atoms with E-state index in [-0.39, 0.29) is 5.78 Å². The monoisotopic (exact) mass is 405 g/mol. The first-order valence-electron chi connectivity index (χ1n) is 9.99. The van der Waals surface area contributed by atoms with E-state index < -0.39 is 5.97 Å². The van der Waals surface area contributed by atoms with Crippen molar-refractivity contribution in [3.63, 3.8) is 0 Å². The zero-order chi connectivity index (χ0) is 21.1. The molecule has 0 amide bonds. The van der Waals surface area contributed by atoms with Crippen molar-refractivity contribution in [1.82, 2.24) is 4.57 Å². The Balaban J connectivity index is 0.000000336. The van der Waals surface area contributed by atoms with Crippen molar-refractivity contribution < 1.29 is 14.7 Å². The number of carboxylic acids is 1. The van der Waals surface area contributed by atoms with E-state index in [9.17, 15) is 9.59 Å².